The van der Waals surface area contributed by atoms with E-state index in [0.29, 0.717) is 12.7 Å². The highest BCUT2D eigenvalue weighted by molar-refractivity contribution is 6.79. The molecule has 0 radical (unpaired) electrons. The van der Waals surface area contributed by atoms with E-state index >= 15 is 0 Å². The molecule has 10 heteroatoms. The molecule has 2 saturated heterocycles. The van der Waals surface area contributed by atoms with E-state index in [0.717, 1.165) is 25.7 Å². The monoisotopic (exact) mass is 340 g/mol. The third-order valence-corrected chi connectivity index (χ3v) is 15.8. The van der Waals surface area contributed by atoms with E-state index in [1.807, 2.05) is 0 Å². The van der Waals surface area contributed by atoms with Crippen molar-refractivity contribution in [2.45, 2.75) is 38.2 Å². The van der Waals surface area contributed by atoms with Gasteiger partial charge in [-0.1, -0.05) is 0 Å². The van der Waals surface area contributed by atoms with Gasteiger partial charge in [-0.15, -0.1) is 0 Å². The Morgan fingerprint density at radius 2 is 1.89 bits per heavy atom. The molecule has 0 aromatic rings. The van der Waals surface area contributed by atoms with Crippen LogP contribution in [-0.2, 0) is 25.9 Å². The highest BCUT2D eigenvalue weighted by Gasteiger charge is 2.37. The lowest BCUT2D eigenvalue weighted by Crippen LogP contribution is -2.51. The summed E-state index contributed by atoms with van der Waals surface area (Å²) in [5.41, 5.74) is 0. The quantitative estimate of drug-likeness (QED) is 0.374. The van der Waals surface area contributed by atoms with Crippen molar-refractivity contribution < 1.29 is 25.9 Å². The van der Waals surface area contributed by atoms with Crippen molar-refractivity contribution in [2.24, 2.45) is 0 Å². The van der Waals surface area contributed by atoms with Gasteiger partial charge in [0.15, 0.2) is 0 Å². The van der Waals surface area contributed by atoms with Gasteiger partial charge >= 0.3 is 8.56 Å². The number of epoxide rings is 1. The molecule has 6 nitrogen and oxygen atoms in total. The second-order valence-electron chi connectivity index (χ2n) is 5.09. The molecule has 0 bridgehead atoms. The van der Waals surface area contributed by atoms with Gasteiger partial charge in [0.1, 0.15) is 6.10 Å². The van der Waals surface area contributed by atoms with Crippen molar-refractivity contribution >= 4 is 37.1 Å². The lowest BCUT2D eigenvalue weighted by atomic mass is 10.5. The summed E-state index contributed by atoms with van der Waals surface area (Å²) in [4.78, 5) is 0. The number of hydrogen-bond acceptors (Lipinski definition) is 6. The summed E-state index contributed by atoms with van der Waals surface area (Å²) >= 11 is 0. The second kappa shape index (κ2) is 7.58. The van der Waals surface area contributed by atoms with Crippen LogP contribution in [0.4, 0.5) is 0 Å². The summed E-state index contributed by atoms with van der Waals surface area (Å²) in [5, 5.41) is 0. The van der Waals surface area contributed by atoms with Gasteiger partial charge < -0.3 is 25.9 Å². The van der Waals surface area contributed by atoms with Crippen molar-refractivity contribution in [3.63, 3.8) is 0 Å². The minimum absolute atomic E-state index is 0.341. The number of hydrogen-bond donors (Lipinski definition) is 0. The highest BCUT2D eigenvalue weighted by atomic mass is 28.5. The lowest BCUT2D eigenvalue weighted by molar-refractivity contribution is 0.115. The van der Waals surface area contributed by atoms with Gasteiger partial charge in [0.05, 0.1) is 13.2 Å². The Balaban J connectivity index is 1.69. The maximum Gasteiger partial charge on any atom is 0.317 e. The van der Waals surface area contributed by atoms with Gasteiger partial charge in [0.25, 0.3) is 28.6 Å². The molecule has 0 aromatic heterocycles. The van der Waals surface area contributed by atoms with E-state index in [2.05, 4.69) is 19.6 Å². The van der Waals surface area contributed by atoms with Crippen LogP contribution in [0.25, 0.3) is 0 Å². The zero-order valence-electron chi connectivity index (χ0n) is 11.9. The van der Waals surface area contributed by atoms with Crippen LogP contribution in [0.1, 0.15) is 6.42 Å². The predicted octanol–water partition coefficient (Wildman–Crippen LogP) is -0.357. The molecule has 0 saturated carbocycles. The van der Waals surface area contributed by atoms with E-state index in [9.17, 15) is 0 Å². The van der Waals surface area contributed by atoms with Crippen LogP contribution < -0.4 is 0 Å². The first-order valence-corrected chi connectivity index (χ1v) is 14.7. The molecule has 0 aliphatic carbocycles. The van der Waals surface area contributed by atoms with E-state index in [1.54, 1.807) is 0 Å². The molecule has 0 spiro atoms. The summed E-state index contributed by atoms with van der Waals surface area (Å²) in [6, 6.07) is 0.946. The summed E-state index contributed by atoms with van der Waals surface area (Å²) in [7, 11) is -6.09. The molecule has 112 valence electrons. The smallest absolute Gasteiger partial charge is 0.317 e. The molecule has 2 aliphatic heterocycles. The van der Waals surface area contributed by atoms with Crippen LogP contribution in [0.15, 0.2) is 0 Å². The largest absolute Gasteiger partial charge is 0.423 e. The Kier molecular flexibility index (Phi) is 6.39. The maximum atomic E-state index is 6.13. The van der Waals surface area contributed by atoms with Crippen LogP contribution in [0.2, 0.25) is 25.7 Å². The third kappa shape index (κ3) is 6.28. The summed E-state index contributed by atoms with van der Waals surface area (Å²) < 4.78 is 34.3. The van der Waals surface area contributed by atoms with E-state index in [4.69, 9.17) is 25.9 Å². The fourth-order valence-electron chi connectivity index (χ4n) is 2.02. The van der Waals surface area contributed by atoms with Gasteiger partial charge in [-0.25, -0.2) is 0 Å². The molecule has 2 rings (SSSR count). The van der Waals surface area contributed by atoms with Gasteiger partial charge in [0.2, 0.25) is 0 Å². The van der Waals surface area contributed by atoms with Crippen LogP contribution in [0.3, 0.4) is 0 Å². The minimum Gasteiger partial charge on any atom is -0.423 e. The molecule has 0 amide bonds. The fourth-order valence-corrected chi connectivity index (χ4v) is 14.4. The summed E-state index contributed by atoms with van der Waals surface area (Å²) in [6.07, 6.45) is 1.31. The Morgan fingerprint density at radius 3 is 2.47 bits per heavy atom. The topological polar surface area (TPSA) is 58.7 Å². The lowest BCUT2D eigenvalue weighted by Gasteiger charge is -2.35. The first kappa shape index (κ1) is 16.0. The Hall–Kier alpha value is 0.628. The normalized spacial score (nSPS) is 40.9. The third-order valence-electron chi connectivity index (χ3n) is 3.06. The average Bonchev–Trinajstić information content (AvgIpc) is 3.10. The van der Waals surface area contributed by atoms with E-state index < -0.39 is 37.1 Å². The Bertz CT molecular complexity index is 267. The predicted molar refractivity (Wildman–Crippen MR) is 80.5 cm³/mol. The summed E-state index contributed by atoms with van der Waals surface area (Å²) in [6.45, 7) is 8.56. The van der Waals surface area contributed by atoms with Gasteiger partial charge in [-0.3, -0.25) is 0 Å². The molecular weight excluding hydrogens is 316 g/mol. The first-order valence-electron chi connectivity index (χ1n) is 6.85. The van der Waals surface area contributed by atoms with E-state index in [1.165, 1.54) is 0 Å². The molecular formula is C9H24O6Si4. The maximum absolute atomic E-state index is 6.13. The van der Waals surface area contributed by atoms with Gasteiger partial charge in [-0.05, 0) is 32.1 Å². The van der Waals surface area contributed by atoms with Crippen LogP contribution >= 0.6 is 0 Å². The van der Waals surface area contributed by atoms with Crippen LogP contribution in [0.5, 0.6) is 0 Å². The van der Waals surface area contributed by atoms with E-state index in [-0.39, 0.29) is 0 Å². The Morgan fingerprint density at radius 1 is 1.26 bits per heavy atom. The molecule has 0 aromatic carbocycles. The highest BCUT2D eigenvalue weighted by Crippen LogP contribution is 2.20. The minimum atomic E-state index is -2.12. The van der Waals surface area contributed by atoms with Crippen molar-refractivity contribution in [3.8, 4) is 0 Å². The zero-order chi connectivity index (χ0) is 13.7. The molecule has 3 unspecified atom stereocenters. The molecule has 0 N–H and O–H groups in total. The molecule has 19 heavy (non-hydrogen) atoms. The van der Waals surface area contributed by atoms with Crippen molar-refractivity contribution in [2.75, 3.05) is 19.8 Å². The SMILES string of the molecule is C[SiH]1O[SiH2]O[SiH](C)O[Si](C)(CCCOCC2CO2)O1. The van der Waals surface area contributed by atoms with Gasteiger partial charge in [-0.2, -0.15) is 0 Å². The van der Waals surface area contributed by atoms with Crippen molar-refractivity contribution in [3.05, 3.63) is 0 Å². The van der Waals surface area contributed by atoms with Crippen molar-refractivity contribution in [1.29, 1.82) is 0 Å². The molecule has 2 aliphatic rings. The number of ether oxygens (including phenoxy) is 2. The van der Waals surface area contributed by atoms with Crippen LogP contribution in [-0.4, -0.2) is 63.1 Å². The average molecular weight is 341 g/mol. The first-order chi connectivity index (χ1) is 9.07. The van der Waals surface area contributed by atoms with Crippen LogP contribution in [0, 0.1) is 0 Å². The number of rotatable bonds is 6. The zero-order valence-corrected chi connectivity index (χ0v) is 16.6. The summed E-state index contributed by atoms with van der Waals surface area (Å²) in [5.74, 6) is 0. The van der Waals surface area contributed by atoms with Crippen molar-refractivity contribution in [1.82, 2.24) is 0 Å². The standard InChI is InChI=1S/C9H24O6Si4/c1-17-12-16-13-18(2)15-19(3,14-17)6-4-5-10-7-9-8-11-9/h9,17-18H,4-8,16H2,1-3H3. The molecule has 3 atom stereocenters. The Labute approximate surface area is 121 Å². The molecule has 2 fully saturated rings. The molecule has 2 heterocycles. The second-order valence-corrected chi connectivity index (χ2v) is 14.9. The fraction of sp³-hybridized carbons (Fsp3) is 1.00. The van der Waals surface area contributed by atoms with Gasteiger partial charge in [0, 0.05) is 6.61 Å².